The van der Waals surface area contributed by atoms with Crippen LogP contribution in [0.4, 0.5) is 20.6 Å². The molecule has 0 unspecified atom stereocenters. The molecule has 2 aromatic carbocycles. The monoisotopic (exact) mass is 399 g/mol. The molecule has 0 saturated carbocycles. The van der Waals surface area contributed by atoms with Crippen molar-refractivity contribution in [2.75, 3.05) is 10.6 Å². The second kappa shape index (κ2) is 9.50. The highest BCUT2D eigenvalue weighted by atomic mass is 19.1. The minimum Gasteiger partial charge on any atom is -0.341 e. The molecule has 0 heterocycles. The van der Waals surface area contributed by atoms with Crippen LogP contribution in [0.25, 0.3) is 6.08 Å². The minimum atomic E-state index is -0.802. The van der Waals surface area contributed by atoms with E-state index in [1.54, 1.807) is 25.1 Å². The molecule has 7 nitrogen and oxygen atoms in total. The van der Waals surface area contributed by atoms with Gasteiger partial charge in [-0.25, -0.2) is 14.0 Å². The summed E-state index contributed by atoms with van der Waals surface area (Å²) in [4.78, 5) is 40.3. The zero-order valence-electron chi connectivity index (χ0n) is 16.4. The second-order valence-electron chi connectivity index (χ2n) is 6.26. The summed E-state index contributed by atoms with van der Waals surface area (Å²) in [6.45, 7) is 9.10. The number of nitrogens with one attached hydrogen (secondary N) is 3. The zero-order valence-corrected chi connectivity index (χ0v) is 16.4. The van der Waals surface area contributed by atoms with Gasteiger partial charge < -0.3 is 15.5 Å². The summed E-state index contributed by atoms with van der Waals surface area (Å²) in [5, 5.41) is 5.08. The van der Waals surface area contributed by atoms with Crippen LogP contribution in [0.3, 0.4) is 0 Å². The Morgan fingerprint density at radius 2 is 1.76 bits per heavy atom. The van der Waals surface area contributed by atoms with E-state index in [9.17, 15) is 18.8 Å². The molecule has 0 fully saturated rings. The van der Waals surface area contributed by atoms with Crippen molar-refractivity contribution < 1.29 is 23.6 Å². The van der Waals surface area contributed by atoms with Gasteiger partial charge in [0.25, 0.3) is 5.91 Å². The molecular weight excluding hydrogens is 377 g/mol. The lowest BCUT2D eigenvalue weighted by Gasteiger charge is -2.14. The molecule has 0 spiro atoms. The van der Waals surface area contributed by atoms with E-state index in [1.807, 2.05) is 19.3 Å². The number of urea groups is 1. The third kappa shape index (κ3) is 5.65. The van der Waals surface area contributed by atoms with Crippen LogP contribution in [-0.4, -0.2) is 17.9 Å². The first-order valence-corrected chi connectivity index (χ1v) is 8.86. The quantitative estimate of drug-likeness (QED) is 0.652. The Hall–Kier alpha value is -3.68. The first-order chi connectivity index (χ1) is 13.7. The van der Waals surface area contributed by atoms with Gasteiger partial charge in [-0.2, -0.15) is 5.48 Å². The molecule has 0 radical (unpaired) electrons. The number of halogens is 1. The Balaban J connectivity index is 2.17. The number of benzene rings is 2. The average molecular weight is 399 g/mol. The average Bonchev–Trinajstić information content (AvgIpc) is 2.65. The van der Waals surface area contributed by atoms with E-state index in [4.69, 9.17) is 0 Å². The first kappa shape index (κ1) is 21.6. The fourth-order valence-corrected chi connectivity index (χ4v) is 2.70. The highest BCUT2D eigenvalue weighted by Gasteiger charge is 2.16. The maximum absolute atomic E-state index is 13.6. The standard InChI is InChI=1S/C21H22FN3O4/c1-5-16-12(3)9-15(10-13(16)4)23-21(28)24-18-11-14(22)7-8-17(18)20(27)25-29-19(26)6-2/h5,7-11H,1,6H2,2-4H3,(H,25,27)(H2,23,24,28). The van der Waals surface area contributed by atoms with E-state index in [0.29, 0.717) is 5.69 Å². The fourth-order valence-electron chi connectivity index (χ4n) is 2.70. The summed E-state index contributed by atoms with van der Waals surface area (Å²) in [7, 11) is 0. The number of aryl methyl sites for hydroxylation is 2. The van der Waals surface area contributed by atoms with Crippen LogP contribution in [0.5, 0.6) is 0 Å². The lowest BCUT2D eigenvalue weighted by atomic mass is 10.0. The van der Waals surface area contributed by atoms with Gasteiger partial charge in [-0.15, -0.1) is 0 Å². The molecule has 3 N–H and O–H groups in total. The summed E-state index contributed by atoms with van der Waals surface area (Å²) in [6, 6.07) is 6.10. The smallest absolute Gasteiger partial charge is 0.331 e. The predicted octanol–water partition coefficient (Wildman–Crippen LogP) is 4.33. The van der Waals surface area contributed by atoms with Crippen molar-refractivity contribution in [2.45, 2.75) is 27.2 Å². The summed E-state index contributed by atoms with van der Waals surface area (Å²) < 4.78 is 13.6. The van der Waals surface area contributed by atoms with Crippen molar-refractivity contribution >= 4 is 35.4 Å². The van der Waals surface area contributed by atoms with E-state index < -0.39 is 23.7 Å². The van der Waals surface area contributed by atoms with Gasteiger partial charge in [0.05, 0.1) is 11.3 Å². The van der Waals surface area contributed by atoms with E-state index in [1.165, 1.54) is 6.07 Å². The molecule has 3 amide bonds. The van der Waals surface area contributed by atoms with Gasteiger partial charge in [-0.1, -0.05) is 19.6 Å². The topological polar surface area (TPSA) is 96.5 Å². The Morgan fingerprint density at radius 3 is 2.34 bits per heavy atom. The number of carbonyl (C=O) groups is 3. The van der Waals surface area contributed by atoms with Gasteiger partial charge in [0.1, 0.15) is 5.82 Å². The molecule has 0 bridgehead atoms. The Kier molecular flexibility index (Phi) is 7.08. The highest BCUT2D eigenvalue weighted by Crippen LogP contribution is 2.22. The number of rotatable bonds is 5. The van der Waals surface area contributed by atoms with Crippen molar-refractivity contribution in [2.24, 2.45) is 0 Å². The van der Waals surface area contributed by atoms with Gasteiger partial charge in [0, 0.05) is 12.1 Å². The number of hydrogen-bond acceptors (Lipinski definition) is 4. The van der Waals surface area contributed by atoms with Gasteiger partial charge in [0.15, 0.2) is 0 Å². The van der Waals surface area contributed by atoms with Gasteiger partial charge in [-0.05, 0) is 60.9 Å². The van der Waals surface area contributed by atoms with Crippen molar-refractivity contribution in [3.8, 4) is 0 Å². The van der Waals surface area contributed by atoms with Crippen LogP contribution in [0.2, 0.25) is 0 Å². The molecular formula is C21H22FN3O4. The van der Waals surface area contributed by atoms with Crippen molar-refractivity contribution in [3.63, 3.8) is 0 Å². The number of hydroxylamine groups is 1. The van der Waals surface area contributed by atoms with Gasteiger partial charge in [0.2, 0.25) is 0 Å². The molecule has 0 aliphatic carbocycles. The SMILES string of the molecule is C=Cc1c(C)cc(NC(=O)Nc2cc(F)ccc2C(=O)NOC(=O)CC)cc1C. The molecule has 0 atom stereocenters. The molecule has 8 heteroatoms. The summed E-state index contributed by atoms with van der Waals surface area (Å²) in [6.07, 6.45) is 1.80. The van der Waals surface area contributed by atoms with E-state index in [2.05, 4.69) is 22.1 Å². The van der Waals surface area contributed by atoms with Crippen molar-refractivity contribution in [3.05, 3.63) is 65.0 Å². The highest BCUT2D eigenvalue weighted by molar-refractivity contribution is 6.06. The third-order valence-electron chi connectivity index (χ3n) is 4.08. The molecule has 0 aromatic heterocycles. The summed E-state index contributed by atoms with van der Waals surface area (Å²) >= 11 is 0. The van der Waals surface area contributed by atoms with E-state index in [0.717, 1.165) is 28.8 Å². The predicted molar refractivity (Wildman–Crippen MR) is 109 cm³/mol. The summed E-state index contributed by atoms with van der Waals surface area (Å²) in [5.74, 6) is -2.09. The van der Waals surface area contributed by atoms with Crippen LogP contribution >= 0.6 is 0 Å². The van der Waals surface area contributed by atoms with Gasteiger partial charge in [-0.3, -0.25) is 4.79 Å². The van der Waals surface area contributed by atoms with Crippen molar-refractivity contribution in [1.29, 1.82) is 0 Å². The fraction of sp³-hybridized carbons (Fsp3) is 0.190. The molecule has 0 aliphatic rings. The molecule has 2 aromatic rings. The molecule has 0 aliphatic heterocycles. The minimum absolute atomic E-state index is 0.0696. The summed E-state index contributed by atoms with van der Waals surface area (Å²) in [5.41, 5.74) is 5.18. The maximum Gasteiger partial charge on any atom is 0.331 e. The Labute approximate surface area is 167 Å². The van der Waals surface area contributed by atoms with Crippen LogP contribution in [0.15, 0.2) is 36.9 Å². The molecule has 29 heavy (non-hydrogen) atoms. The van der Waals surface area contributed by atoms with Crippen LogP contribution in [0, 0.1) is 19.7 Å². The van der Waals surface area contributed by atoms with Gasteiger partial charge >= 0.3 is 12.0 Å². The number of carbonyl (C=O) groups excluding carboxylic acids is 3. The molecule has 152 valence electrons. The first-order valence-electron chi connectivity index (χ1n) is 8.86. The largest absolute Gasteiger partial charge is 0.341 e. The van der Waals surface area contributed by atoms with E-state index in [-0.39, 0.29) is 17.7 Å². The molecule has 2 rings (SSSR count). The normalized spacial score (nSPS) is 10.1. The molecule has 0 saturated heterocycles. The lowest BCUT2D eigenvalue weighted by molar-refractivity contribution is -0.148. The van der Waals surface area contributed by atoms with Crippen molar-refractivity contribution in [1.82, 2.24) is 5.48 Å². The zero-order chi connectivity index (χ0) is 21.6. The Morgan fingerprint density at radius 1 is 1.10 bits per heavy atom. The Bertz CT molecular complexity index is 949. The number of anilines is 2. The number of hydrogen-bond donors (Lipinski definition) is 3. The third-order valence-corrected chi connectivity index (χ3v) is 4.08. The second-order valence-corrected chi connectivity index (χ2v) is 6.26. The van der Waals surface area contributed by atoms with Crippen LogP contribution < -0.4 is 16.1 Å². The van der Waals surface area contributed by atoms with Crippen LogP contribution in [0.1, 0.15) is 40.4 Å². The van der Waals surface area contributed by atoms with Crippen LogP contribution in [-0.2, 0) is 9.63 Å². The maximum atomic E-state index is 13.6. The lowest BCUT2D eigenvalue weighted by Crippen LogP contribution is -2.28. The van der Waals surface area contributed by atoms with E-state index >= 15 is 0 Å². The number of amides is 3.